The lowest BCUT2D eigenvalue weighted by Crippen LogP contribution is -2.13. The minimum absolute atomic E-state index is 0.276. The summed E-state index contributed by atoms with van der Waals surface area (Å²) in [5.74, 6) is 0.763. The third-order valence-electron chi connectivity index (χ3n) is 1.53. The van der Waals surface area contributed by atoms with Crippen LogP contribution in [-0.4, -0.2) is 17.5 Å². The van der Waals surface area contributed by atoms with Gasteiger partial charge in [0.2, 0.25) is 0 Å². The fourth-order valence-electron chi connectivity index (χ4n) is 1.15. The van der Waals surface area contributed by atoms with Gasteiger partial charge in [-0.2, -0.15) is 0 Å². The second-order valence-corrected chi connectivity index (χ2v) is 3.18. The van der Waals surface area contributed by atoms with Crippen molar-refractivity contribution in [3.05, 3.63) is 24.2 Å². The van der Waals surface area contributed by atoms with Crippen LogP contribution in [0.1, 0.15) is 20.8 Å². The molecule has 1 aliphatic heterocycles. The van der Waals surface area contributed by atoms with E-state index in [4.69, 9.17) is 4.74 Å². The minimum Gasteiger partial charge on any atom is -0.474 e. The molecule has 1 saturated heterocycles. The first kappa shape index (κ1) is 8.18. The van der Waals surface area contributed by atoms with Crippen LogP contribution < -0.4 is 0 Å². The van der Waals surface area contributed by atoms with Crippen molar-refractivity contribution in [3.63, 3.8) is 0 Å². The monoisotopic (exact) mass is 153 g/mol. The summed E-state index contributed by atoms with van der Waals surface area (Å²) in [5, 5.41) is 0. The van der Waals surface area contributed by atoms with E-state index in [-0.39, 0.29) is 6.10 Å². The lowest BCUT2D eigenvalue weighted by atomic mass is 10.3. The van der Waals surface area contributed by atoms with Gasteiger partial charge in [0.25, 0.3) is 0 Å². The number of ether oxygens (including phenoxy) is 1. The fraction of sp³-hybridized carbons (Fsp3) is 0.556. The van der Waals surface area contributed by atoms with Gasteiger partial charge >= 0.3 is 0 Å². The normalized spacial score (nSPS) is 23.4. The van der Waals surface area contributed by atoms with Gasteiger partial charge in [-0.25, -0.2) is 0 Å². The van der Waals surface area contributed by atoms with Gasteiger partial charge in [-0.05, 0) is 27.4 Å². The van der Waals surface area contributed by atoms with Crippen LogP contribution in [0.25, 0.3) is 0 Å². The molecule has 0 bridgehead atoms. The molecule has 11 heavy (non-hydrogen) atoms. The van der Waals surface area contributed by atoms with Gasteiger partial charge < -0.3 is 9.64 Å². The highest BCUT2D eigenvalue weighted by Crippen LogP contribution is 2.18. The van der Waals surface area contributed by atoms with Crippen LogP contribution in [0.3, 0.4) is 0 Å². The topological polar surface area (TPSA) is 12.5 Å². The average Bonchev–Trinajstić information content (AvgIpc) is 2.09. The van der Waals surface area contributed by atoms with Gasteiger partial charge in [-0.1, -0.05) is 5.57 Å². The van der Waals surface area contributed by atoms with Crippen molar-refractivity contribution in [2.75, 3.05) is 6.54 Å². The smallest absolute Gasteiger partial charge is 0.186 e. The van der Waals surface area contributed by atoms with E-state index in [0.717, 1.165) is 12.4 Å². The van der Waals surface area contributed by atoms with E-state index in [1.54, 1.807) is 0 Å². The van der Waals surface area contributed by atoms with E-state index >= 15 is 0 Å². The Hall–Kier alpha value is -0.920. The van der Waals surface area contributed by atoms with E-state index in [1.807, 2.05) is 11.8 Å². The molecule has 1 heterocycles. The minimum atomic E-state index is 0.276. The predicted molar refractivity (Wildman–Crippen MR) is 45.8 cm³/mol. The molecular formula is C9H15NO. The molecule has 0 saturated carbocycles. The standard InChI is InChI=1S/C9H15NO/c1-7(2)5-10-6-8(3)11-9(10)4/h5,8H,4,6H2,1-3H3. The van der Waals surface area contributed by atoms with Gasteiger partial charge in [0.05, 0.1) is 6.54 Å². The van der Waals surface area contributed by atoms with Crippen molar-refractivity contribution in [2.24, 2.45) is 0 Å². The summed E-state index contributed by atoms with van der Waals surface area (Å²) < 4.78 is 5.36. The van der Waals surface area contributed by atoms with Crippen LogP contribution in [0.4, 0.5) is 0 Å². The first-order valence-electron chi connectivity index (χ1n) is 3.87. The van der Waals surface area contributed by atoms with Crippen LogP contribution in [0.2, 0.25) is 0 Å². The molecule has 0 aromatic rings. The summed E-state index contributed by atoms with van der Waals surface area (Å²) in [6, 6.07) is 0. The SMILES string of the molecule is C=C1OC(C)CN1C=C(C)C. The molecule has 1 unspecified atom stereocenters. The maximum absolute atomic E-state index is 5.36. The largest absolute Gasteiger partial charge is 0.474 e. The zero-order valence-corrected chi connectivity index (χ0v) is 7.42. The molecule has 0 aromatic heterocycles. The second-order valence-electron chi connectivity index (χ2n) is 3.18. The Bertz CT molecular complexity index is 192. The van der Waals surface area contributed by atoms with Crippen LogP contribution in [0, 0.1) is 0 Å². The number of nitrogens with zero attached hydrogens (tertiary/aromatic N) is 1. The highest BCUT2D eigenvalue weighted by molar-refractivity contribution is 5.03. The van der Waals surface area contributed by atoms with E-state index in [1.165, 1.54) is 5.57 Å². The Morgan fingerprint density at radius 1 is 1.73 bits per heavy atom. The van der Waals surface area contributed by atoms with Crippen molar-refractivity contribution in [2.45, 2.75) is 26.9 Å². The molecule has 0 amide bonds. The number of hydrogen-bond donors (Lipinski definition) is 0. The summed E-state index contributed by atoms with van der Waals surface area (Å²) >= 11 is 0. The summed E-state index contributed by atoms with van der Waals surface area (Å²) in [6.45, 7) is 10.9. The van der Waals surface area contributed by atoms with E-state index in [2.05, 4.69) is 26.6 Å². The number of hydrogen-bond acceptors (Lipinski definition) is 2. The molecule has 1 fully saturated rings. The Morgan fingerprint density at radius 3 is 2.73 bits per heavy atom. The Kier molecular flexibility index (Phi) is 2.22. The Balaban J connectivity index is 2.61. The van der Waals surface area contributed by atoms with Gasteiger partial charge in [0, 0.05) is 6.20 Å². The molecule has 1 atom stereocenters. The van der Waals surface area contributed by atoms with Gasteiger partial charge in [-0.15, -0.1) is 0 Å². The lowest BCUT2D eigenvalue weighted by Gasteiger charge is -2.10. The van der Waals surface area contributed by atoms with Gasteiger partial charge in [-0.3, -0.25) is 0 Å². The van der Waals surface area contributed by atoms with Crippen molar-refractivity contribution >= 4 is 0 Å². The molecule has 0 radical (unpaired) electrons. The maximum Gasteiger partial charge on any atom is 0.186 e. The molecule has 1 aliphatic rings. The van der Waals surface area contributed by atoms with Crippen LogP contribution in [0.5, 0.6) is 0 Å². The first-order chi connectivity index (χ1) is 5.09. The molecular weight excluding hydrogens is 138 g/mol. The molecule has 2 nitrogen and oxygen atoms in total. The van der Waals surface area contributed by atoms with Gasteiger partial charge in [0.15, 0.2) is 5.88 Å². The molecule has 1 rings (SSSR count). The van der Waals surface area contributed by atoms with Crippen LogP contribution >= 0.6 is 0 Å². The highest BCUT2D eigenvalue weighted by Gasteiger charge is 2.20. The second kappa shape index (κ2) is 2.99. The molecule has 2 heteroatoms. The Morgan fingerprint density at radius 2 is 2.36 bits per heavy atom. The third-order valence-corrected chi connectivity index (χ3v) is 1.53. The average molecular weight is 153 g/mol. The molecule has 62 valence electrons. The summed E-state index contributed by atoms with van der Waals surface area (Å²) in [7, 11) is 0. The van der Waals surface area contributed by atoms with Crippen molar-refractivity contribution < 1.29 is 4.74 Å². The quantitative estimate of drug-likeness (QED) is 0.572. The Labute approximate surface area is 68.1 Å². The van der Waals surface area contributed by atoms with Crippen LogP contribution in [0.15, 0.2) is 24.2 Å². The maximum atomic E-state index is 5.36. The summed E-state index contributed by atoms with van der Waals surface area (Å²) in [4.78, 5) is 2.04. The lowest BCUT2D eigenvalue weighted by molar-refractivity contribution is 0.180. The number of rotatable bonds is 1. The predicted octanol–water partition coefficient (Wildman–Crippen LogP) is 2.10. The van der Waals surface area contributed by atoms with E-state index in [0.29, 0.717) is 0 Å². The highest BCUT2D eigenvalue weighted by atomic mass is 16.5. The summed E-state index contributed by atoms with van der Waals surface area (Å²) in [5.41, 5.74) is 1.27. The third kappa shape index (κ3) is 2.00. The zero-order valence-electron chi connectivity index (χ0n) is 7.42. The summed E-state index contributed by atoms with van der Waals surface area (Å²) in [6.07, 6.45) is 2.34. The molecule has 0 spiro atoms. The van der Waals surface area contributed by atoms with Crippen LogP contribution in [-0.2, 0) is 4.74 Å². The fourth-order valence-corrected chi connectivity index (χ4v) is 1.15. The molecule has 0 aromatic carbocycles. The van der Waals surface area contributed by atoms with E-state index in [9.17, 15) is 0 Å². The van der Waals surface area contributed by atoms with Crippen molar-refractivity contribution in [3.8, 4) is 0 Å². The van der Waals surface area contributed by atoms with Crippen molar-refractivity contribution in [1.82, 2.24) is 4.90 Å². The first-order valence-corrected chi connectivity index (χ1v) is 3.87. The van der Waals surface area contributed by atoms with Gasteiger partial charge in [0.1, 0.15) is 6.10 Å². The van der Waals surface area contributed by atoms with E-state index < -0.39 is 0 Å². The molecule has 0 N–H and O–H groups in total. The van der Waals surface area contributed by atoms with Crippen molar-refractivity contribution in [1.29, 1.82) is 0 Å². The zero-order chi connectivity index (χ0) is 8.43. The number of allylic oxidation sites excluding steroid dienone is 1. The molecule has 0 aliphatic carbocycles.